The van der Waals surface area contributed by atoms with E-state index in [1.807, 2.05) is 0 Å². The van der Waals surface area contributed by atoms with Gasteiger partial charge in [-0.1, -0.05) is 15.9 Å². The molecule has 0 N–H and O–H groups in total. The van der Waals surface area contributed by atoms with Gasteiger partial charge in [0.2, 0.25) is 0 Å². The first-order valence-corrected chi connectivity index (χ1v) is 4.41. The van der Waals surface area contributed by atoms with E-state index in [4.69, 9.17) is 4.74 Å². The van der Waals surface area contributed by atoms with E-state index < -0.39 is 0 Å². The van der Waals surface area contributed by atoms with Crippen molar-refractivity contribution in [3.63, 3.8) is 0 Å². The standard InChI is InChI=1S/C7H13BrO/c1-9-7-4-2-3-6(8)5-7/h6-7H,2-5H2,1H3/t6-,7-/m0/s1. The quantitative estimate of drug-likeness (QED) is 0.580. The zero-order valence-electron chi connectivity index (χ0n) is 5.77. The van der Waals surface area contributed by atoms with E-state index >= 15 is 0 Å². The second kappa shape index (κ2) is 3.57. The molecule has 1 nitrogen and oxygen atoms in total. The van der Waals surface area contributed by atoms with E-state index in [0.29, 0.717) is 10.9 Å². The zero-order chi connectivity index (χ0) is 6.69. The van der Waals surface area contributed by atoms with E-state index in [2.05, 4.69) is 15.9 Å². The van der Waals surface area contributed by atoms with Gasteiger partial charge in [0.25, 0.3) is 0 Å². The molecule has 1 aliphatic rings. The van der Waals surface area contributed by atoms with Gasteiger partial charge in [0.15, 0.2) is 0 Å². The van der Waals surface area contributed by atoms with E-state index in [0.717, 1.165) is 0 Å². The van der Waals surface area contributed by atoms with Crippen molar-refractivity contribution >= 4 is 15.9 Å². The Kier molecular flexibility index (Phi) is 2.99. The molecule has 2 heteroatoms. The molecular weight excluding hydrogens is 180 g/mol. The monoisotopic (exact) mass is 192 g/mol. The minimum Gasteiger partial charge on any atom is -0.381 e. The van der Waals surface area contributed by atoms with Crippen LogP contribution in [0, 0.1) is 0 Å². The molecule has 0 aromatic carbocycles. The molecule has 0 saturated heterocycles. The summed E-state index contributed by atoms with van der Waals surface area (Å²) in [5, 5.41) is 0. The van der Waals surface area contributed by atoms with Gasteiger partial charge in [-0.15, -0.1) is 0 Å². The van der Waals surface area contributed by atoms with Crippen LogP contribution in [0.15, 0.2) is 0 Å². The van der Waals surface area contributed by atoms with Gasteiger partial charge in [0, 0.05) is 11.9 Å². The Labute approximate surface area is 64.9 Å². The largest absolute Gasteiger partial charge is 0.381 e. The SMILES string of the molecule is CO[C@H]1CCC[C@H](Br)C1. The first kappa shape index (κ1) is 7.55. The predicted molar refractivity (Wildman–Crippen MR) is 42.0 cm³/mol. The Hall–Kier alpha value is 0.440. The van der Waals surface area contributed by atoms with E-state index in [1.165, 1.54) is 25.7 Å². The molecule has 9 heavy (non-hydrogen) atoms. The third-order valence-electron chi connectivity index (χ3n) is 1.90. The van der Waals surface area contributed by atoms with Gasteiger partial charge in [-0.25, -0.2) is 0 Å². The third kappa shape index (κ3) is 2.26. The van der Waals surface area contributed by atoms with E-state index in [1.54, 1.807) is 7.11 Å². The molecule has 0 amide bonds. The van der Waals surface area contributed by atoms with Crippen LogP contribution < -0.4 is 0 Å². The summed E-state index contributed by atoms with van der Waals surface area (Å²) in [6, 6.07) is 0. The van der Waals surface area contributed by atoms with Crippen LogP contribution in [-0.4, -0.2) is 18.0 Å². The smallest absolute Gasteiger partial charge is 0.0582 e. The summed E-state index contributed by atoms with van der Waals surface area (Å²) in [5.74, 6) is 0. The van der Waals surface area contributed by atoms with E-state index in [9.17, 15) is 0 Å². The Morgan fingerprint density at radius 1 is 1.44 bits per heavy atom. The van der Waals surface area contributed by atoms with Crippen LogP contribution in [0.5, 0.6) is 0 Å². The summed E-state index contributed by atoms with van der Waals surface area (Å²) >= 11 is 3.59. The van der Waals surface area contributed by atoms with Crippen LogP contribution in [0.1, 0.15) is 25.7 Å². The topological polar surface area (TPSA) is 9.23 Å². The minimum atomic E-state index is 0.517. The minimum absolute atomic E-state index is 0.517. The molecule has 54 valence electrons. The number of rotatable bonds is 1. The summed E-state index contributed by atoms with van der Waals surface area (Å²) < 4.78 is 5.23. The summed E-state index contributed by atoms with van der Waals surface area (Å²) in [6.07, 6.45) is 5.59. The van der Waals surface area contributed by atoms with Crippen LogP contribution >= 0.6 is 15.9 Å². The second-order valence-electron chi connectivity index (χ2n) is 2.62. The highest BCUT2D eigenvalue weighted by Gasteiger charge is 2.18. The van der Waals surface area contributed by atoms with Crippen molar-refractivity contribution in [3.8, 4) is 0 Å². The first-order valence-electron chi connectivity index (χ1n) is 3.50. The maximum absolute atomic E-state index is 5.23. The number of hydrogen-bond donors (Lipinski definition) is 0. The molecule has 0 aromatic rings. The molecule has 1 saturated carbocycles. The van der Waals surface area contributed by atoms with Gasteiger partial charge in [-0.05, 0) is 25.7 Å². The molecule has 0 unspecified atom stereocenters. The molecule has 0 spiro atoms. The lowest BCUT2D eigenvalue weighted by Crippen LogP contribution is -2.21. The number of hydrogen-bond acceptors (Lipinski definition) is 1. The van der Waals surface area contributed by atoms with Gasteiger partial charge in [-0.3, -0.25) is 0 Å². The Morgan fingerprint density at radius 2 is 2.22 bits per heavy atom. The van der Waals surface area contributed by atoms with E-state index in [-0.39, 0.29) is 0 Å². The van der Waals surface area contributed by atoms with Crippen molar-refractivity contribution in [2.45, 2.75) is 36.6 Å². The zero-order valence-corrected chi connectivity index (χ0v) is 7.36. The summed E-state index contributed by atoms with van der Waals surface area (Å²) in [5.41, 5.74) is 0. The average Bonchev–Trinajstić information content (AvgIpc) is 1.88. The molecule has 1 rings (SSSR count). The Bertz CT molecular complexity index is 85.0. The summed E-state index contributed by atoms with van der Waals surface area (Å²) in [4.78, 5) is 0.705. The van der Waals surface area contributed by atoms with Crippen molar-refractivity contribution in [2.24, 2.45) is 0 Å². The molecule has 0 bridgehead atoms. The molecule has 2 atom stereocenters. The van der Waals surface area contributed by atoms with Crippen molar-refractivity contribution < 1.29 is 4.74 Å². The van der Waals surface area contributed by atoms with Crippen LogP contribution in [0.2, 0.25) is 0 Å². The van der Waals surface area contributed by atoms with Gasteiger partial charge in [0.1, 0.15) is 0 Å². The molecule has 1 fully saturated rings. The van der Waals surface area contributed by atoms with Crippen LogP contribution in [-0.2, 0) is 4.74 Å². The van der Waals surface area contributed by atoms with Gasteiger partial charge < -0.3 is 4.74 Å². The van der Waals surface area contributed by atoms with Crippen molar-refractivity contribution in [2.75, 3.05) is 7.11 Å². The molecule has 0 radical (unpaired) electrons. The average molecular weight is 193 g/mol. The Morgan fingerprint density at radius 3 is 2.67 bits per heavy atom. The first-order chi connectivity index (χ1) is 4.33. The van der Waals surface area contributed by atoms with Crippen molar-refractivity contribution in [1.82, 2.24) is 0 Å². The lowest BCUT2D eigenvalue weighted by Gasteiger charge is -2.23. The third-order valence-corrected chi connectivity index (χ3v) is 2.73. The summed E-state index contributed by atoms with van der Waals surface area (Å²) in [7, 11) is 1.80. The van der Waals surface area contributed by atoms with Gasteiger partial charge in [-0.2, -0.15) is 0 Å². The summed E-state index contributed by atoms with van der Waals surface area (Å²) in [6.45, 7) is 0. The fourth-order valence-corrected chi connectivity index (χ4v) is 2.04. The fraction of sp³-hybridized carbons (Fsp3) is 1.00. The lowest BCUT2D eigenvalue weighted by atomic mass is 9.98. The molecule has 1 aliphatic carbocycles. The molecule has 0 aliphatic heterocycles. The van der Waals surface area contributed by atoms with Crippen molar-refractivity contribution in [3.05, 3.63) is 0 Å². The highest BCUT2D eigenvalue weighted by atomic mass is 79.9. The van der Waals surface area contributed by atoms with Crippen LogP contribution in [0.4, 0.5) is 0 Å². The normalized spacial score (nSPS) is 36.7. The number of alkyl halides is 1. The van der Waals surface area contributed by atoms with Gasteiger partial charge in [0.05, 0.1) is 6.10 Å². The highest BCUT2D eigenvalue weighted by molar-refractivity contribution is 9.09. The molecule has 0 heterocycles. The van der Waals surface area contributed by atoms with Crippen molar-refractivity contribution in [1.29, 1.82) is 0 Å². The van der Waals surface area contributed by atoms with Gasteiger partial charge >= 0.3 is 0 Å². The molecule has 0 aromatic heterocycles. The maximum Gasteiger partial charge on any atom is 0.0582 e. The fourth-order valence-electron chi connectivity index (χ4n) is 1.30. The van der Waals surface area contributed by atoms with Crippen LogP contribution in [0.25, 0.3) is 0 Å². The predicted octanol–water partition coefficient (Wildman–Crippen LogP) is 2.34. The maximum atomic E-state index is 5.23. The Balaban J connectivity index is 2.23. The van der Waals surface area contributed by atoms with Crippen LogP contribution in [0.3, 0.4) is 0 Å². The number of methoxy groups -OCH3 is 1. The highest BCUT2D eigenvalue weighted by Crippen LogP contribution is 2.25. The second-order valence-corrected chi connectivity index (χ2v) is 3.92. The number of ether oxygens (including phenoxy) is 1. The lowest BCUT2D eigenvalue weighted by molar-refractivity contribution is 0.0737. The molecular formula is C7H13BrO. The number of halogens is 1.